The van der Waals surface area contributed by atoms with E-state index in [2.05, 4.69) is 33.4 Å². The van der Waals surface area contributed by atoms with Crippen molar-refractivity contribution in [2.45, 2.75) is 19.0 Å². The van der Waals surface area contributed by atoms with E-state index in [-0.39, 0.29) is 11.7 Å². The van der Waals surface area contributed by atoms with Gasteiger partial charge in [-0.25, -0.2) is 9.37 Å². The molecule has 1 atom stereocenters. The number of imidazole rings is 1. The maximum absolute atomic E-state index is 13.3. The van der Waals surface area contributed by atoms with Gasteiger partial charge in [-0.3, -0.25) is 9.69 Å². The number of carbonyl (C=O) groups excluding carboxylic acids is 1. The predicted octanol–water partition coefficient (Wildman–Crippen LogP) is 2.82. The zero-order chi connectivity index (χ0) is 19.5. The van der Waals surface area contributed by atoms with E-state index in [1.807, 2.05) is 23.9 Å². The van der Waals surface area contributed by atoms with Gasteiger partial charge in [0.15, 0.2) is 0 Å². The summed E-state index contributed by atoms with van der Waals surface area (Å²) in [5.74, 6) is 0.335. The van der Waals surface area contributed by atoms with Gasteiger partial charge in [0, 0.05) is 32.5 Å². The Labute approximate surface area is 163 Å². The number of halogens is 1. The molecule has 0 fully saturated rings. The highest BCUT2D eigenvalue weighted by Crippen LogP contribution is 2.22. The van der Waals surface area contributed by atoms with Crippen LogP contribution in [0.2, 0.25) is 0 Å². The Morgan fingerprint density at radius 2 is 1.93 bits per heavy atom. The summed E-state index contributed by atoms with van der Waals surface area (Å²) in [6.45, 7) is 1.94. The quantitative estimate of drug-likeness (QED) is 0.743. The van der Waals surface area contributed by atoms with Crippen molar-refractivity contribution >= 4 is 5.91 Å². The lowest BCUT2D eigenvalue weighted by Crippen LogP contribution is -2.41. The Hall–Kier alpha value is -2.99. The summed E-state index contributed by atoms with van der Waals surface area (Å²) < 4.78 is 15.2. The molecule has 5 nitrogen and oxygen atoms in total. The van der Waals surface area contributed by atoms with Crippen molar-refractivity contribution in [1.29, 1.82) is 0 Å². The number of aryl methyl sites for hydroxylation is 1. The van der Waals surface area contributed by atoms with Crippen LogP contribution in [0.3, 0.4) is 0 Å². The van der Waals surface area contributed by atoms with Gasteiger partial charge in [0.25, 0.3) is 0 Å². The summed E-state index contributed by atoms with van der Waals surface area (Å²) in [7, 11) is 1.88. The van der Waals surface area contributed by atoms with Gasteiger partial charge in [0.1, 0.15) is 17.7 Å². The third kappa shape index (κ3) is 3.97. The highest BCUT2D eigenvalue weighted by Gasteiger charge is 2.23. The van der Waals surface area contributed by atoms with E-state index < -0.39 is 6.04 Å². The van der Waals surface area contributed by atoms with Gasteiger partial charge < -0.3 is 9.88 Å². The predicted molar refractivity (Wildman–Crippen MR) is 105 cm³/mol. The normalized spacial score (nSPS) is 15.1. The van der Waals surface area contributed by atoms with Gasteiger partial charge in [-0.2, -0.15) is 0 Å². The first kappa shape index (κ1) is 18.4. The molecule has 0 spiro atoms. The molecule has 1 amide bonds. The van der Waals surface area contributed by atoms with E-state index in [1.165, 1.54) is 23.3 Å². The van der Waals surface area contributed by atoms with E-state index in [0.29, 0.717) is 12.4 Å². The largest absolute Gasteiger partial charge is 0.341 e. The van der Waals surface area contributed by atoms with E-state index in [4.69, 9.17) is 0 Å². The molecular formula is C22H23FN4O. The molecule has 0 unspecified atom stereocenters. The van der Waals surface area contributed by atoms with Crippen molar-refractivity contribution in [1.82, 2.24) is 19.8 Å². The lowest BCUT2D eigenvalue weighted by atomic mass is 10.00. The Bertz CT molecular complexity index is 967. The second-order valence-electron chi connectivity index (χ2n) is 7.18. The first-order valence-corrected chi connectivity index (χ1v) is 9.41. The van der Waals surface area contributed by atoms with Gasteiger partial charge in [-0.1, -0.05) is 36.4 Å². The molecule has 0 aliphatic carbocycles. The van der Waals surface area contributed by atoms with E-state index in [0.717, 1.165) is 25.1 Å². The van der Waals surface area contributed by atoms with Gasteiger partial charge >= 0.3 is 0 Å². The molecule has 1 aromatic heterocycles. The van der Waals surface area contributed by atoms with E-state index >= 15 is 0 Å². The number of nitrogens with one attached hydrogen (secondary N) is 1. The summed E-state index contributed by atoms with van der Waals surface area (Å²) in [4.78, 5) is 19.4. The Morgan fingerprint density at radius 3 is 2.64 bits per heavy atom. The van der Waals surface area contributed by atoms with Crippen LogP contribution in [0.1, 0.15) is 28.6 Å². The lowest BCUT2D eigenvalue weighted by Gasteiger charge is -2.29. The molecule has 2 heterocycles. The summed E-state index contributed by atoms with van der Waals surface area (Å²) in [6, 6.07) is 14.1. The van der Waals surface area contributed by atoms with Crippen LogP contribution < -0.4 is 5.32 Å². The van der Waals surface area contributed by atoms with Crippen LogP contribution in [0.15, 0.2) is 60.9 Å². The molecule has 4 rings (SSSR count). The standard InChI is InChI=1S/C22H23FN4O/c1-26-13-11-24-22(26)21(17-6-8-19(23)9-7-17)25-20(28)15-27-12-10-16-4-2-3-5-18(16)14-27/h2-9,11,13,21H,10,12,14-15H2,1H3,(H,25,28)/t21-/m1/s1. The Balaban J connectivity index is 1.48. The highest BCUT2D eigenvalue weighted by atomic mass is 19.1. The summed E-state index contributed by atoms with van der Waals surface area (Å²) >= 11 is 0. The monoisotopic (exact) mass is 378 g/mol. The fraction of sp³-hybridized carbons (Fsp3) is 0.273. The molecule has 6 heteroatoms. The number of nitrogens with zero attached hydrogens (tertiary/aromatic N) is 3. The van der Waals surface area contributed by atoms with Crippen LogP contribution in [-0.2, 0) is 24.8 Å². The molecule has 28 heavy (non-hydrogen) atoms. The van der Waals surface area contributed by atoms with Crippen LogP contribution >= 0.6 is 0 Å². The molecule has 0 saturated carbocycles. The minimum Gasteiger partial charge on any atom is -0.341 e. The van der Waals surface area contributed by atoms with Crippen molar-refractivity contribution in [3.63, 3.8) is 0 Å². The first-order valence-electron chi connectivity index (χ1n) is 9.41. The molecule has 1 aliphatic rings. The number of hydrogen-bond acceptors (Lipinski definition) is 3. The molecule has 1 aliphatic heterocycles. The minimum atomic E-state index is -0.426. The molecule has 144 valence electrons. The first-order chi connectivity index (χ1) is 13.6. The fourth-order valence-corrected chi connectivity index (χ4v) is 3.71. The Morgan fingerprint density at radius 1 is 1.18 bits per heavy atom. The van der Waals surface area contributed by atoms with Crippen molar-refractivity contribution in [3.8, 4) is 0 Å². The van der Waals surface area contributed by atoms with Crippen molar-refractivity contribution < 1.29 is 9.18 Å². The second kappa shape index (κ2) is 7.94. The zero-order valence-corrected chi connectivity index (χ0v) is 15.8. The maximum atomic E-state index is 13.3. The fourth-order valence-electron chi connectivity index (χ4n) is 3.71. The number of hydrogen-bond donors (Lipinski definition) is 1. The van der Waals surface area contributed by atoms with Crippen molar-refractivity contribution in [2.75, 3.05) is 13.1 Å². The van der Waals surface area contributed by atoms with Crippen LogP contribution in [0, 0.1) is 5.82 Å². The van der Waals surface area contributed by atoms with Gasteiger partial charge in [-0.15, -0.1) is 0 Å². The van der Waals surface area contributed by atoms with E-state index in [9.17, 15) is 9.18 Å². The molecule has 0 radical (unpaired) electrons. The summed E-state index contributed by atoms with van der Waals surface area (Å²) in [6.07, 6.45) is 4.48. The molecule has 0 bridgehead atoms. The average molecular weight is 378 g/mol. The molecule has 1 N–H and O–H groups in total. The van der Waals surface area contributed by atoms with Gasteiger partial charge in [-0.05, 0) is 35.2 Å². The number of amides is 1. The van der Waals surface area contributed by atoms with E-state index in [1.54, 1.807) is 18.3 Å². The molecule has 3 aromatic rings. The van der Waals surface area contributed by atoms with Crippen LogP contribution in [0.4, 0.5) is 4.39 Å². The second-order valence-corrected chi connectivity index (χ2v) is 7.18. The number of benzene rings is 2. The minimum absolute atomic E-state index is 0.0725. The maximum Gasteiger partial charge on any atom is 0.235 e. The zero-order valence-electron chi connectivity index (χ0n) is 15.8. The Kier molecular flexibility index (Phi) is 5.21. The molecular weight excluding hydrogens is 355 g/mol. The van der Waals surface area contributed by atoms with Gasteiger partial charge in [0.2, 0.25) is 5.91 Å². The smallest absolute Gasteiger partial charge is 0.235 e. The van der Waals surface area contributed by atoms with Crippen LogP contribution in [-0.4, -0.2) is 33.4 Å². The third-order valence-electron chi connectivity index (χ3n) is 5.20. The summed E-state index contributed by atoms with van der Waals surface area (Å²) in [5, 5.41) is 3.08. The van der Waals surface area contributed by atoms with Gasteiger partial charge in [0.05, 0.1) is 6.54 Å². The van der Waals surface area contributed by atoms with Crippen molar-refractivity contribution in [2.24, 2.45) is 7.05 Å². The number of fused-ring (bicyclic) bond motifs is 1. The molecule has 0 saturated heterocycles. The summed E-state index contributed by atoms with van der Waals surface area (Å²) in [5.41, 5.74) is 3.44. The molecule has 2 aromatic carbocycles. The topological polar surface area (TPSA) is 50.2 Å². The number of rotatable bonds is 5. The number of carbonyl (C=O) groups is 1. The lowest BCUT2D eigenvalue weighted by molar-refractivity contribution is -0.123. The van der Waals surface area contributed by atoms with Crippen LogP contribution in [0.25, 0.3) is 0 Å². The van der Waals surface area contributed by atoms with Crippen LogP contribution in [0.5, 0.6) is 0 Å². The average Bonchev–Trinajstić information content (AvgIpc) is 3.12. The highest BCUT2D eigenvalue weighted by molar-refractivity contribution is 5.79. The SMILES string of the molecule is Cn1ccnc1[C@H](NC(=O)CN1CCc2ccccc2C1)c1ccc(F)cc1. The van der Waals surface area contributed by atoms with Crippen molar-refractivity contribution in [3.05, 3.63) is 89.3 Å². The third-order valence-corrected chi connectivity index (χ3v) is 5.20. The number of aromatic nitrogens is 2.